The summed E-state index contributed by atoms with van der Waals surface area (Å²) in [6, 6.07) is 12.2. The molecule has 21 heavy (non-hydrogen) atoms. The van der Waals surface area contributed by atoms with Gasteiger partial charge in [-0.05, 0) is 18.4 Å². The summed E-state index contributed by atoms with van der Waals surface area (Å²) in [5.74, 6) is 1.68. The van der Waals surface area contributed by atoms with E-state index >= 15 is 0 Å². The van der Waals surface area contributed by atoms with E-state index in [2.05, 4.69) is 32.3 Å². The molecular formula is C16H20N4O. The van der Waals surface area contributed by atoms with Gasteiger partial charge >= 0.3 is 0 Å². The van der Waals surface area contributed by atoms with Gasteiger partial charge in [-0.25, -0.2) is 9.97 Å². The van der Waals surface area contributed by atoms with Crippen molar-refractivity contribution < 1.29 is 5.11 Å². The van der Waals surface area contributed by atoms with Crippen molar-refractivity contribution >= 4 is 11.6 Å². The van der Waals surface area contributed by atoms with Crippen LogP contribution in [0.1, 0.15) is 18.4 Å². The lowest BCUT2D eigenvalue weighted by Gasteiger charge is -2.31. The van der Waals surface area contributed by atoms with Crippen LogP contribution in [-0.2, 0) is 6.54 Å². The first kappa shape index (κ1) is 13.8. The van der Waals surface area contributed by atoms with Crippen LogP contribution in [0.4, 0.5) is 11.6 Å². The number of anilines is 2. The number of nitrogens with zero attached hydrogens (tertiary/aromatic N) is 3. The number of aliphatic hydroxyl groups excluding tert-OH is 1. The Labute approximate surface area is 124 Å². The number of hydrogen-bond acceptors (Lipinski definition) is 5. The Bertz CT molecular complexity index is 575. The molecule has 1 saturated heterocycles. The van der Waals surface area contributed by atoms with Crippen LogP contribution >= 0.6 is 0 Å². The van der Waals surface area contributed by atoms with Gasteiger partial charge in [0, 0.05) is 25.7 Å². The summed E-state index contributed by atoms with van der Waals surface area (Å²) in [6.07, 6.45) is 3.19. The Morgan fingerprint density at radius 2 is 2.10 bits per heavy atom. The van der Waals surface area contributed by atoms with E-state index in [9.17, 15) is 5.11 Å². The highest BCUT2D eigenvalue weighted by atomic mass is 16.3. The molecule has 1 fully saturated rings. The zero-order valence-corrected chi connectivity index (χ0v) is 11.9. The van der Waals surface area contributed by atoms with Gasteiger partial charge in [0.05, 0.1) is 6.10 Å². The van der Waals surface area contributed by atoms with Crippen molar-refractivity contribution in [1.29, 1.82) is 0 Å². The summed E-state index contributed by atoms with van der Waals surface area (Å²) in [5, 5.41) is 13.1. The zero-order chi connectivity index (χ0) is 14.5. The molecule has 0 spiro atoms. The lowest BCUT2D eigenvalue weighted by Crippen LogP contribution is -2.38. The first-order valence-corrected chi connectivity index (χ1v) is 7.34. The smallest absolute Gasteiger partial charge is 0.134 e. The van der Waals surface area contributed by atoms with Crippen LogP contribution in [0.5, 0.6) is 0 Å². The molecule has 5 heteroatoms. The van der Waals surface area contributed by atoms with Crippen LogP contribution in [0.15, 0.2) is 42.7 Å². The summed E-state index contributed by atoms with van der Waals surface area (Å²) in [5.41, 5.74) is 1.21. The minimum Gasteiger partial charge on any atom is -0.391 e. The molecule has 1 aromatic carbocycles. The highest BCUT2D eigenvalue weighted by molar-refractivity contribution is 5.49. The van der Waals surface area contributed by atoms with Crippen molar-refractivity contribution in [3.8, 4) is 0 Å². The molecule has 1 aliphatic rings. The molecule has 1 atom stereocenters. The predicted molar refractivity (Wildman–Crippen MR) is 83.3 cm³/mol. The molecule has 1 aromatic heterocycles. The fraction of sp³-hybridized carbons (Fsp3) is 0.375. The molecule has 0 aliphatic carbocycles. The Balaban J connectivity index is 1.65. The number of nitrogens with one attached hydrogen (secondary N) is 1. The van der Waals surface area contributed by atoms with Crippen LogP contribution in [0, 0.1) is 0 Å². The molecule has 2 heterocycles. The maximum Gasteiger partial charge on any atom is 0.134 e. The largest absolute Gasteiger partial charge is 0.391 e. The number of aliphatic hydroxyl groups is 1. The maximum absolute atomic E-state index is 9.76. The molecule has 0 unspecified atom stereocenters. The number of aromatic nitrogens is 2. The number of β-amino-alcohol motifs (C(OH)–C–C–N with tert-alkyl or cyclic N) is 1. The summed E-state index contributed by atoms with van der Waals surface area (Å²) in [7, 11) is 0. The molecule has 2 N–H and O–H groups in total. The van der Waals surface area contributed by atoms with Crippen molar-refractivity contribution in [2.75, 3.05) is 23.3 Å². The van der Waals surface area contributed by atoms with E-state index in [0.717, 1.165) is 37.6 Å². The first-order valence-electron chi connectivity index (χ1n) is 7.34. The van der Waals surface area contributed by atoms with E-state index in [1.807, 2.05) is 24.3 Å². The average molecular weight is 284 g/mol. The van der Waals surface area contributed by atoms with Crippen molar-refractivity contribution in [2.45, 2.75) is 25.5 Å². The highest BCUT2D eigenvalue weighted by Crippen LogP contribution is 2.19. The Morgan fingerprint density at radius 3 is 2.90 bits per heavy atom. The second-order valence-electron chi connectivity index (χ2n) is 5.34. The van der Waals surface area contributed by atoms with Gasteiger partial charge in [-0.3, -0.25) is 0 Å². The van der Waals surface area contributed by atoms with Crippen LogP contribution in [-0.4, -0.2) is 34.3 Å². The second kappa shape index (κ2) is 6.54. The Morgan fingerprint density at radius 1 is 1.24 bits per heavy atom. The van der Waals surface area contributed by atoms with E-state index in [0.29, 0.717) is 6.54 Å². The topological polar surface area (TPSA) is 61.3 Å². The predicted octanol–water partition coefficient (Wildman–Crippen LogP) is 2.05. The second-order valence-corrected chi connectivity index (χ2v) is 5.34. The van der Waals surface area contributed by atoms with E-state index in [1.165, 1.54) is 5.56 Å². The first-order chi connectivity index (χ1) is 10.3. The molecule has 0 radical (unpaired) electrons. The van der Waals surface area contributed by atoms with Crippen LogP contribution in [0.3, 0.4) is 0 Å². The molecule has 3 rings (SSSR count). The van der Waals surface area contributed by atoms with Crippen molar-refractivity contribution in [3.05, 3.63) is 48.3 Å². The summed E-state index contributed by atoms with van der Waals surface area (Å²) >= 11 is 0. The lowest BCUT2D eigenvalue weighted by molar-refractivity contribution is 0.154. The monoisotopic (exact) mass is 284 g/mol. The quantitative estimate of drug-likeness (QED) is 0.900. The minimum absolute atomic E-state index is 0.255. The fourth-order valence-corrected chi connectivity index (χ4v) is 2.57. The minimum atomic E-state index is -0.255. The van der Waals surface area contributed by atoms with Crippen molar-refractivity contribution in [1.82, 2.24) is 9.97 Å². The average Bonchev–Trinajstić information content (AvgIpc) is 2.54. The lowest BCUT2D eigenvalue weighted by atomic mass is 10.1. The van der Waals surface area contributed by atoms with Crippen LogP contribution < -0.4 is 10.2 Å². The van der Waals surface area contributed by atoms with E-state index < -0.39 is 0 Å². The van der Waals surface area contributed by atoms with Crippen LogP contribution in [0.25, 0.3) is 0 Å². The molecule has 0 saturated carbocycles. The molecule has 110 valence electrons. The van der Waals surface area contributed by atoms with E-state index in [-0.39, 0.29) is 6.10 Å². The molecular weight excluding hydrogens is 264 g/mol. The van der Waals surface area contributed by atoms with Gasteiger partial charge in [0.25, 0.3) is 0 Å². The number of hydrogen-bond donors (Lipinski definition) is 2. The molecule has 1 aliphatic heterocycles. The summed E-state index contributed by atoms with van der Waals surface area (Å²) in [4.78, 5) is 10.7. The molecule has 0 bridgehead atoms. The molecule has 5 nitrogen and oxygen atoms in total. The SMILES string of the molecule is O[C@H]1CCCN(c2cc(NCc3ccccc3)ncn2)C1. The normalized spacial score (nSPS) is 18.5. The third-order valence-electron chi connectivity index (χ3n) is 3.69. The van der Waals surface area contributed by atoms with E-state index in [1.54, 1.807) is 6.33 Å². The number of rotatable bonds is 4. The van der Waals surface area contributed by atoms with Gasteiger partial charge in [0.1, 0.15) is 18.0 Å². The zero-order valence-electron chi connectivity index (χ0n) is 11.9. The Hall–Kier alpha value is -2.14. The number of benzene rings is 1. The highest BCUT2D eigenvalue weighted by Gasteiger charge is 2.19. The molecule has 2 aromatic rings. The van der Waals surface area contributed by atoms with Crippen LogP contribution in [0.2, 0.25) is 0 Å². The third-order valence-corrected chi connectivity index (χ3v) is 3.69. The van der Waals surface area contributed by atoms with Gasteiger partial charge in [-0.2, -0.15) is 0 Å². The third kappa shape index (κ3) is 3.70. The Kier molecular flexibility index (Phi) is 4.31. The molecule has 0 amide bonds. The summed E-state index contributed by atoms with van der Waals surface area (Å²) < 4.78 is 0. The van der Waals surface area contributed by atoms with Gasteiger partial charge in [-0.15, -0.1) is 0 Å². The van der Waals surface area contributed by atoms with Crippen molar-refractivity contribution in [3.63, 3.8) is 0 Å². The van der Waals surface area contributed by atoms with Crippen molar-refractivity contribution in [2.24, 2.45) is 0 Å². The fourth-order valence-electron chi connectivity index (χ4n) is 2.57. The summed E-state index contributed by atoms with van der Waals surface area (Å²) in [6.45, 7) is 2.32. The van der Waals surface area contributed by atoms with E-state index in [4.69, 9.17) is 0 Å². The maximum atomic E-state index is 9.76. The van der Waals surface area contributed by atoms with Gasteiger partial charge in [0.15, 0.2) is 0 Å². The van der Waals surface area contributed by atoms with Gasteiger partial charge in [-0.1, -0.05) is 30.3 Å². The standard InChI is InChI=1S/C16H20N4O/c21-14-7-4-8-20(11-14)16-9-15(18-12-19-16)17-10-13-5-2-1-3-6-13/h1-3,5-6,9,12,14,21H,4,7-8,10-11H2,(H,17,18,19)/t14-/m0/s1. The van der Waals surface area contributed by atoms with Gasteiger partial charge in [0.2, 0.25) is 0 Å². The van der Waals surface area contributed by atoms with Gasteiger partial charge < -0.3 is 15.3 Å². The number of piperidine rings is 1.